The number of nitrogens with one attached hydrogen (secondary N) is 1. The monoisotopic (exact) mass is 426 g/mol. The Balaban J connectivity index is 1.75. The number of nitrogens with zero attached hydrogens (tertiary/aromatic N) is 3. The summed E-state index contributed by atoms with van der Waals surface area (Å²) >= 11 is 0. The van der Waals surface area contributed by atoms with Crippen LogP contribution in [0.5, 0.6) is 0 Å². The minimum absolute atomic E-state index is 0.0626. The summed E-state index contributed by atoms with van der Waals surface area (Å²) in [5, 5.41) is 12.3. The molecule has 2 aromatic rings. The number of carbonyl (C=O) groups excluding carboxylic acids is 1. The van der Waals surface area contributed by atoms with Gasteiger partial charge >= 0.3 is 0 Å². The van der Waals surface area contributed by atoms with Crippen molar-refractivity contribution in [1.82, 2.24) is 10.3 Å². The molecular weight excluding hydrogens is 396 g/mol. The maximum absolute atomic E-state index is 13.6. The minimum Gasteiger partial charge on any atom is -0.362 e. The summed E-state index contributed by atoms with van der Waals surface area (Å²) in [7, 11) is 0. The number of rotatable bonds is 3. The van der Waals surface area contributed by atoms with Gasteiger partial charge in [0.2, 0.25) is 0 Å². The van der Waals surface area contributed by atoms with E-state index in [1.165, 1.54) is 11.1 Å². The van der Waals surface area contributed by atoms with E-state index in [0.717, 1.165) is 46.5 Å². The fraction of sp³-hybridized carbons (Fsp3) is 0.407. The number of aryl methyl sites for hydroxylation is 1. The Labute approximate surface area is 189 Å². The molecule has 5 nitrogen and oxygen atoms in total. The normalized spacial score (nSPS) is 25.8. The van der Waals surface area contributed by atoms with Gasteiger partial charge in [0, 0.05) is 35.2 Å². The van der Waals surface area contributed by atoms with Crippen molar-refractivity contribution in [3.63, 3.8) is 0 Å². The third-order valence-electron chi connectivity index (χ3n) is 7.43. The average molecular weight is 427 g/mol. The van der Waals surface area contributed by atoms with Gasteiger partial charge in [-0.3, -0.25) is 9.78 Å². The van der Waals surface area contributed by atoms with Crippen LogP contribution in [-0.4, -0.2) is 16.9 Å². The zero-order valence-electron chi connectivity index (χ0n) is 19.5. The summed E-state index contributed by atoms with van der Waals surface area (Å²) in [4.78, 5) is 18.1. The molecule has 1 aromatic carbocycles. The standard InChI is InChI=1S/C27H30N4O/c1-6-27(19-9-7-8-18(12-19)20-10-11-28-17(3)16(20)2)21-15-29-31-25(21)30-22-13-26(4,5)14-23(32)24(22)27/h7-12,15,25,30H,6,13-14H2,1-5H3/t25?,27-/m1/s1. The fourth-order valence-electron chi connectivity index (χ4n) is 5.80. The van der Waals surface area contributed by atoms with Crippen LogP contribution in [0.1, 0.15) is 56.9 Å². The van der Waals surface area contributed by atoms with Crippen molar-refractivity contribution in [2.45, 2.75) is 65.5 Å². The number of ketones is 1. The number of allylic oxidation sites excluding steroid dienone is 2. The van der Waals surface area contributed by atoms with Crippen LogP contribution in [0.3, 0.4) is 0 Å². The first-order valence-electron chi connectivity index (χ1n) is 11.4. The predicted molar refractivity (Wildman–Crippen MR) is 126 cm³/mol. The molecule has 1 N–H and O–H groups in total. The summed E-state index contributed by atoms with van der Waals surface area (Å²) in [5.74, 6) is 0.234. The Morgan fingerprint density at radius 1 is 1.16 bits per heavy atom. The molecule has 3 heterocycles. The lowest BCUT2D eigenvalue weighted by atomic mass is 9.58. The third-order valence-corrected chi connectivity index (χ3v) is 7.43. The van der Waals surface area contributed by atoms with Gasteiger partial charge in [-0.15, -0.1) is 0 Å². The van der Waals surface area contributed by atoms with Crippen molar-refractivity contribution < 1.29 is 4.79 Å². The van der Waals surface area contributed by atoms with E-state index in [0.29, 0.717) is 6.42 Å². The van der Waals surface area contributed by atoms with Gasteiger partial charge in [0.15, 0.2) is 11.9 Å². The highest BCUT2D eigenvalue weighted by Crippen LogP contribution is 2.54. The molecule has 32 heavy (non-hydrogen) atoms. The van der Waals surface area contributed by atoms with Crippen molar-refractivity contribution in [2.75, 3.05) is 0 Å². The van der Waals surface area contributed by atoms with Gasteiger partial charge in [0.25, 0.3) is 0 Å². The highest BCUT2D eigenvalue weighted by molar-refractivity contribution is 6.01. The number of azo groups is 1. The highest BCUT2D eigenvalue weighted by atomic mass is 16.1. The first-order valence-corrected chi connectivity index (χ1v) is 11.4. The maximum Gasteiger partial charge on any atom is 0.164 e. The molecule has 3 aliphatic rings. The van der Waals surface area contributed by atoms with E-state index >= 15 is 0 Å². The molecule has 5 rings (SSSR count). The van der Waals surface area contributed by atoms with E-state index in [2.05, 4.69) is 78.6 Å². The number of pyridine rings is 1. The van der Waals surface area contributed by atoms with Gasteiger partial charge < -0.3 is 5.32 Å². The predicted octanol–water partition coefficient (Wildman–Crippen LogP) is 5.94. The van der Waals surface area contributed by atoms with Gasteiger partial charge in [0.05, 0.1) is 11.6 Å². The van der Waals surface area contributed by atoms with Crippen molar-refractivity contribution in [1.29, 1.82) is 0 Å². The summed E-state index contributed by atoms with van der Waals surface area (Å²) < 4.78 is 0. The molecule has 0 bridgehead atoms. The number of benzene rings is 1. The average Bonchev–Trinajstić information content (AvgIpc) is 3.22. The fourth-order valence-corrected chi connectivity index (χ4v) is 5.80. The molecule has 0 radical (unpaired) electrons. The Morgan fingerprint density at radius 3 is 2.75 bits per heavy atom. The van der Waals surface area contributed by atoms with Gasteiger partial charge in [-0.25, -0.2) is 0 Å². The minimum atomic E-state index is -0.520. The van der Waals surface area contributed by atoms with Crippen LogP contribution in [-0.2, 0) is 10.2 Å². The molecule has 2 atom stereocenters. The van der Waals surface area contributed by atoms with Crippen molar-refractivity contribution in [2.24, 2.45) is 15.6 Å². The summed E-state index contributed by atoms with van der Waals surface area (Å²) in [6.07, 6.45) is 5.72. The van der Waals surface area contributed by atoms with Gasteiger partial charge in [-0.05, 0) is 66.5 Å². The number of hydrogen-bond donors (Lipinski definition) is 1. The summed E-state index contributed by atoms with van der Waals surface area (Å²) in [6, 6.07) is 10.7. The molecule has 1 aromatic heterocycles. The molecule has 5 heteroatoms. The molecule has 2 aliphatic heterocycles. The van der Waals surface area contributed by atoms with Crippen molar-refractivity contribution in [3.05, 3.63) is 76.4 Å². The lowest BCUT2D eigenvalue weighted by Gasteiger charge is -2.47. The largest absolute Gasteiger partial charge is 0.362 e. The van der Waals surface area contributed by atoms with Crippen LogP contribution in [0.2, 0.25) is 0 Å². The number of fused-ring (bicyclic) bond motifs is 1. The van der Waals surface area contributed by atoms with Gasteiger partial charge in [0.1, 0.15) is 0 Å². The van der Waals surface area contributed by atoms with Crippen LogP contribution >= 0.6 is 0 Å². The maximum atomic E-state index is 13.6. The second kappa shape index (κ2) is 7.22. The molecule has 164 valence electrons. The van der Waals surface area contributed by atoms with E-state index in [1.807, 2.05) is 19.3 Å². The molecule has 0 spiro atoms. The topological polar surface area (TPSA) is 66.7 Å². The molecule has 0 saturated heterocycles. The number of hydrogen-bond acceptors (Lipinski definition) is 5. The molecule has 0 saturated carbocycles. The highest BCUT2D eigenvalue weighted by Gasteiger charge is 2.52. The van der Waals surface area contributed by atoms with Crippen LogP contribution < -0.4 is 5.32 Å². The molecule has 1 aliphatic carbocycles. The second-order valence-corrected chi connectivity index (χ2v) is 10.1. The van der Waals surface area contributed by atoms with Crippen LogP contribution in [0.15, 0.2) is 69.8 Å². The lowest BCUT2D eigenvalue weighted by molar-refractivity contribution is -0.119. The molecule has 0 fully saturated rings. The molecule has 1 unspecified atom stereocenters. The van der Waals surface area contributed by atoms with Gasteiger partial charge in [-0.1, -0.05) is 39.0 Å². The van der Waals surface area contributed by atoms with Crippen LogP contribution in [0.4, 0.5) is 0 Å². The van der Waals surface area contributed by atoms with Crippen LogP contribution in [0, 0.1) is 19.3 Å². The number of carbonyl (C=O) groups is 1. The quantitative estimate of drug-likeness (QED) is 0.661. The van der Waals surface area contributed by atoms with Crippen LogP contribution in [0.25, 0.3) is 11.1 Å². The van der Waals surface area contributed by atoms with Crippen molar-refractivity contribution in [3.8, 4) is 11.1 Å². The number of Topliss-reactive ketones (excluding diaryl/α,β-unsaturated/α-hetero) is 1. The SMILES string of the molecule is CC[C@@]1(c2cccc(-c3ccnc(C)c3C)c2)C2=CN=NC2NC2=C1C(=O)CC(C)(C)C2. The summed E-state index contributed by atoms with van der Waals surface area (Å²) in [6.45, 7) is 10.7. The number of aromatic nitrogens is 1. The smallest absolute Gasteiger partial charge is 0.164 e. The Kier molecular flexibility index (Phi) is 4.70. The zero-order valence-corrected chi connectivity index (χ0v) is 19.5. The summed E-state index contributed by atoms with van der Waals surface area (Å²) in [5.41, 5.74) is 8.11. The van der Waals surface area contributed by atoms with Crippen molar-refractivity contribution >= 4 is 5.78 Å². The Bertz CT molecular complexity index is 1220. The Morgan fingerprint density at radius 2 is 1.97 bits per heavy atom. The first kappa shape index (κ1) is 20.8. The Hall–Kier alpha value is -3.08. The van der Waals surface area contributed by atoms with E-state index < -0.39 is 5.41 Å². The second-order valence-electron chi connectivity index (χ2n) is 10.1. The zero-order chi connectivity index (χ0) is 22.7. The van der Waals surface area contributed by atoms with E-state index in [1.54, 1.807) is 0 Å². The van der Waals surface area contributed by atoms with E-state index in [9.17, 15) is 4.79 Å². The third kappa shape index (κ3) is 2.98. The van der Waals surface area contributed by atoms with E-state index in [4.69, 9.17) is 0 Å². The van der Waals surface area contributed by atoms with Gasteiger partial charge in [-0.2, -0.15) is 10.2 Å². The lowest BCUT2D eigenvalue weighted by Crippen LogP contribution is -2.51. The van der Waals surface area contributed by atoms with E-state index in [-0.39, 0.29) is 17.4 Å². The molecule has 0 amide bonds. The molecular formula is C27H30N4O. The first-order chi connectivity index (χ1) is 15.3.